The number of benzene rings is 1. The molecule has 0 atom stereocenters. The molecule has 26 heavy (non-hydrogen) atoms. The van der Waals surface area contributed by atoms with Crippen LogP contribution in [0, 0.1) is 0 Å². The maximum Gasteiger partial charge on any atom is 0.191 e. The van der Waals surface area contributed by atoms with Crippen LogP contribution in [0.1, 0.15) is 25.3 Å². The van der Waals surface area contributed by atoms with E-state index in [0.29, 0.717) is 19.1 Å². The van der Waals surface area contributed by atoms with Gasteiger partial charge in [0.05, 0.1) is 12.3 Å². The van der Waals surface area contributed by atoms with Crippen molar-refractivity contribution in [1.82, 2.24) is 15.5 Å². The molecular formula is C18H29BrN4O2S. The number of hydrogen-bond acceptors (Lipinski definition) is 4. The zero-order chi connectivity index (χ0) is 19.0. The lowest BCUT2D eigenvalue weighted by Gasteiger charge is -2.32. The van der Waals surface area contributed by atoms with Crippen LogP contribution in [0.4, 0.5) is 0 Å². The van der Waals surface area contributed by atoms with Gasteiger partial charge in [-0.05, 0) is 37.5 Å². The van der Waals surface area contributed by atoms with E-state index in [1.54, 1.807) is 0 Å². The van der Waals surface area contributed by atoms with Crippen molar-refractivity contribution in [3.63, 3.8) is 0 Å². The molecule has 1 fully saturated rings. The van der Waals surface area contributed by atoms with E-state index >= 15 is 0 Å². The van der Waals surface area contributed by atoms with Gasteiger partial charge in [0.25, 0.3) is 0 Å². The Bertz CT molecular complexity index is 684. The second-order valence-electron chi connectivity index (χ2n) is 6.71. The van der Waals surface area contributed by atoms with Crippen molar-refractivity contribution in [3.8, 4) is 0 Å². The van der Waals surface area contributed by atoms with Gasteiger partial charge in [0.1, 0.15) is 9.84 Å². The van der Waals surface area contributed by atoms with Crippen molar-refractivity contribution < 1.29 is 8.42 Å². The number of aliphatic imine (C=N–C) groups is 1. The molecule has 0 unspecified atom stereocenters. The molecule has 1 aliphatic rings. The smallest absolute Gasteiger partial charge is 0.191 e. The molecule has 1 heterocycles. The van der Waals surface area contributed by atoms with Crippen LogP contribution in [-0.2, 0) is 16.4 Å². The standard InChI is InChI=1S/C18H29BrN4O2S/c1-3-20-18(21-14-15-4-6-16(19)7-5-15)22-17-8-10-23(11-9-17)12-13-26(2,24)25/h4-7,17H,3,8-14H2,1-2H3,(H2,20,21,22). The fourth-order valence-corrected chi connectivity index (χ4v) is 3.72. The maximum atomic E-state index is 11.3. The zero-order valence-electron chi connectivity index (χ0n) is 15.5. The molecule has 2 N–H and O–H groups in total. The largest absolute Gasteiger partial charge is 0.357 e. The number of likely N-dealkylation sites (tertiary alicyclic amines) is 1. The highest BCUT2D eigenvalue weighted by Gasteiger charge is 2.20. The van der Waals surface area contributed by atoms with Gasteiger partial charge in [0, 0.05) is 42.9 Å². The number of rotatable bonds is 7. The molecule has 0 bridgehead atoms. The average molecular weight is 445 g/mol. The lowest BCUT2D eigenvalue weighted by atomic mass is 10.1. The summed E-state index contributed by atoms with van der Waals surface area (Å²) in [5, 5.41) is 6.82. The fourth-order valence-electron chi connectivity index (χ4n) is 2.87. The van der Waals surface area contributed by atoms with E-state index in [2.05, 4.69) is 55.5 Å². The normalized spacial score (nSPS) is 17.3. The van der Waals surface area contributed by atoms with Gasteiger partial charge in [-0.2, -0.15) is 0 Å². The Hall–Kier alpha value is -1.12. The first-order chi connectivity index (χ1) is 12.4. The van der Waals surface area contributed by atoms with Gasteiger partial charge >= 0.3 is 0 Å². The van der Waals surface area contributed by atoms with Crippen molar-refractivity contribution in [2.24, 2.45) is 4.99 Å². The van der Waals surface area contributed by atoms with Crippen LogP contribution in [0.15, 0.2) is 33.7 Å². The van der Waals surface area contributed by atoms with Gasteiger partial charge in [0.2, 0.25) is 0 Å². The van der Waals surface area contributed by atoms with Gasteiger partial charge in [-0.15, -0.1) is 0 Å². The molecule has 8 heteroatoms. The fraction of sp³-hybridized carbons (Fsp3) is 0.611. The molecule has 0 aliphatic carbocycles. The van der Waals surface area contributed by atoms with Crippen LogP contribution < -0.4 is 10.6 Å². The first kappa shape index (κ1) is 21.2. The summed E-state index contributed by atoms with van der Waals surface area (Å²) in [5.41, 5.74) is 1.17. The molecule has 0 saturated carbocycles. The molecule has 2 rings (SSSR count). The summed E-state index contributed by atoms with van der Waals surface area (Å²) in [7, 11) is -2.89. The van der Waals surface area contributed by atoms with Crippen molar-refractivity contribution in [1.29, 1.82) is 0 Å². The van der Waals surface area contributed by atoms with E-state index in [1.807, 2.05) is 12.1 Å². The van der Waals surface area contributed by atoms with E-state index in [4.69, 9.17) is 0 Å². The van der Waals surface area contributed by atoms with E-state index < -0.39 is 9.84 Å². The maximum absolute atomic E-state index is 11.3. The number of hydrogen-bond donors (Lipinski definition) is 2. The van der Waals surface area contributed by atoms with Crippen molar-refractivity contribution in [2.75, 3.05) is 38.2 Å². The minimum absolute atomic E-state index is 0.238. The van der Waals surface area contributed by atoms with Gasteiger partial charge in [-0.1, -0.05) is 28.1 Å². The predicted octanol–water partition coefficient (Wildman–Crippen LogP) is 2.01. The Morgan fingerprint density at radius 1 is 1.27 bits per heavy atom. The van der Waals surface area contributed by atoms with Gasteiger partial charge < -0.3 is 15.5 Å². The van der Waals surface area contributed by atoms with E-state index in [9.17, 15) is 8.42 Å². The molecule has 0 aromatic heterocycles. The number of guanidine groups is 1. The molecule has 1 aliphatic heterocycles. The Labute approximate surface area is 165 Å². The summed E-state index contributed by atoms with van der Waals surface area (Å²) in [6.45, 7) is 5.97. The summed E-state index contributed by atoms with van der Waals surface area (Å²) in [5.74, 6) is 1.08. The summed E-state index contributed by atoms with van der Waals surface area (Å²) in [6, 6.07) is 8.55. The highest BCUT2D eigenvalue weighted by Crippen LogP contribution is 2.12. The van der Waals surface area contributed by atoms with Crippen LogP contribution in [0.25, 0.3) is 0 Å². The van der Waals surface area contributed by atoms with E-state index in [-0.39, 0.29) is 5.75 Å². The molecular weight excluding hydrogens is 416 g/mol. The Balaban J connectivity index is 1.82. The summed E-state index contributed by atoms with van der Waals surface area (Å²) in [4.78, 5) is 6.91. The second-order valence-corrected chi connectivity index (χ2v) is 9.89. The molecule has 146 valence electrons. The Morgan fingerprint density at radius 3 is 2.50 bits per heavy atom. The average Bonchev–Trinajstić information content (AvgIpc) is 2.60. The van der Waals surface area contributed by atoms with Crippen molar-refractivity contribution in [2.45, 2.75) is 32.4 Å². The first-order valence-electron chi connectivity index (χ1n) is 9.05. The van der Waals surface area contributed by atoms with Gasteiger partial charge in [-0.3, -0.25) is 0 Å². The molecule has 0 amide bonds. The molecule has 1 aromatic rings. The summed E-state index contributed by atoms with van der Waals surface area (Å²) >= 11 is 3.44. The quantitative estimate of drug-likeness (QED) is 0.496. The lowest BCUT2D eigenvalue weighted by Crippen LogP contribution is -2.49. The molecule has 1 saturated heterocycles. The van der Waals surface area contributed by atoms with E-state index in [0.717, 1.165) is 42.9 Å². The first-order valence-corrected chi connectivity index (χ1v) is 11.9. The number of piperidine rings is 1. The zero-order valence-corrected chi connectivity index (χ0v) is 17.9. The Kier molecular flexibility index (Phi) is 8.37. The number of nitrogens with zero attached hydrogens (tertiary/aromatic N) is 2. The summed E-state index contributed by atoms with van der Waals surface area (Å²) < 4.78 is 23.7. The number of halogens is 1. The van der Waals surface area contributed by atoms with Crippen molar-refractivity contribution in [3.05, 3.63) is 34.3 Å². The SMILES string of the molecule is CCNC(=NCc1ccc(Br)cc1)NC1CCN(CCS(C)(=O)=O)CC1. The van der Waals surface area contributed by atoms with E-state index in [1.165, 1.54) is 11.8 Å². The highest BCUT2D eigenvalue weighted by atomic mass is 79.9. The number of nitrogens with one attached hydrogen (secondary N) is 2. The molecule has 0 radical (unpaired) electrons. The third kappa shape index (κ3) is 8.05. The predicted molar refractivity (Wildman–Crippen MR) is 111 cm³/mol. The van der Waals surface area contributed by atoms with Crippen LogP contribution in [-0.4, -0.2) is 63.5 Å². The third-order valence-electron chi connectivity index (χ3n) is 4.38. The van der Waals surface area contributed by atoms with Crippen LogP contribution in [0.2, 0.25) is 0 Å². The van der Waals surface area contributed by atoms with Crippen LogP contribution in [0.3, 0.4) is 0 Å². The van der Waals surface area contributed by atoms with Crippen molar-refractivity contribution >= 4 is 31.7 Å². The van der Waals surface area contributed by atoms with Gasteiger partial charge in [0.15, 0.2) is 5.96 Å². The topological polar surface area (TPSA) is 73.8 Å². The lowest BCUT2D eigenvalue weighted by molar-refractivity contribution is 0.216. The highest BCUT2D eigenvalue weighted by molar-refractivity contribution is 9.10. The Morgan fingerprint density at radius 2 is 1.92 bits per heavy atom. The van der Waals surface area contributed by atoms with Gasteiger partial charge in [-0.25, -0.2) is 13.4 Å². The summed E-state index contributed by atoms with van der Waals surface area (Å²) in [6.07, 6.45) is 3.28. The molecule has 6 nitrogen and oxygen atoms in total. The molecule has 1 aromatic carbocycles. The molecule has 0 spiro atoms. The van der Waals surface area contributed by atoms with Crippen LogP contribution in [0.5, 0.6) is 0 Å². The minimum Gasteiger partial charge on any atom is -0.357 e. The third-order valence-corrected chi connectivity index (χ3v) is 5.84. The minimum atomic E-state index is -2.89. The van der Waals surface area contributed by atoms with Crippen LogP contribution >= 0.6 is 15.9 Å². The number of sulfone groups is 1. The monoisotopic (exact) mass is 444 g/mol. The second kappa shape index (κ2) is 10.3.